The molecule has 0 spiro atoms. The number of nitrogens with one attached hydrogen (secondary N) is 1. The van der Waals surface area contributed by atoms with Gasteiger partial charge >= 0.3 is 0 Å². The van der Waals surface area contributed by atoms with E-state index in [1.807, 2.05) is 12.3 Å². The molecule has 2 rings (SSSR count). The van der Waals surface area contributed by atoms with E-state index < -0.39 is 0 Å². The van der Waals surface area contributed by atoms with Crippen LogP contribution < -0.4 is 5.32 Å². The molecule has 1 saturated heterocycles. The lowest BCUT2D eigenvalue weighted by atomic mass is 10.0. The van der Waals surface area contributed by atoms with E-state index in [2.05, 4.69) is 42.0 Å². The second-order valence-electron chi connectivity index (χ2n) is 5.78. The quantitative estimate of drug-likeness (QED) is 0.865. The number of rotatable bonds is 5. The Kier molecular flexibility index (Phi) is 4.23. The van der Waals surface area contributed by atoms with Crippen LogP contribution >= 0.6 is 0 Å². The van der Waals surface area contributed by atoms with Crippen LogP contribution in [0.1, 0.15) is 45.6 Å². The van der Waals surface area contributed by atoms with Crippen LogP contribution in [0.15, 0.2) is 18.3 Å². The van der Waals surface area contributed by atoms with E-state index in [0.717, 1.165) is 25.3 Å². The molecule has 2 heterocycles. The lowest BCUT2D eigenvalue weighted by Crippen LogP contribution is -2.37. The summed E-state index contributed by atoms with van der Waals surface area (Å²) in [5, 5.41) is 3.43. The van der Waals surface area contributed by atoms with Crippen molar-refractivity contribution in [2.24, 2.45) is 0 Å². The second kappa shape index (κ2) is 5.70. The first-order valence-electron chi connectivity index (χ1n) is 7.06. The molecule has 100 valence electrons. The van der Waals surface area contributed by atoms with Crippen molar-refractivity contribution in [3.05, 3.63) is 23.9 Å². The maximum Gasteiger partial charge on any atom is 0.130 e. The lowest BCUT2D eigenvalue weighted by molar-refractivity contribution is 0.166. The normalized spacial score (nSPS) is 19.1. The lowest BCUT2D eigenvalue weighted by Gasteiger charge is -2.32. The average molecular weight is 247 g/mol. The van der Waals surface area contributed by atoms with Gasteiger partial charge in [0.25, 0.3) is 0 Å². The number of pyridine rings is 1. The molecule has 1 fully saturated rings. The number of likely N-dealkylation sites (tertiary alicyclic amines) is 1. The molecule has 0 amide bonds. The first-order valence-corrected chi connectivity index (χ1v) is 7.06. The molecule has 0 saturated carbocycles. The number of aromatic nitrogens is 1. The Morgan fingerprint density at radius 1 is 1.44 bits per heavy atom. The summed E-state index contributed by atoms with van der Waals surface area (Å²) in [6.45, 7) is 10.1. The van der Waals surface area contributed by atoms with Crippen molar-refractivity contribution in [1.82, 2.24) is 9.88 Å². The first-order chi connectivity index (χ1) is 8.63. The topological polar surface area (TPSA) is 28.2 Å². The highest BCUT2D eigenvalue weighted by molar-refractivity contribution is 5.43. The van der Waals surface area contributed by atoms with Gasteiger partial charge in [0.05, 0.1) is 0 Å². The first kappa shape index (κ1) is 13.3. The number of anilines is 1. The van der Waals surface area contributed by atoms with Gasteiger partial charge in [0.1, 0.15) is 5.82 Å². The van der Waals surface area contributed by atoms with Crippen molar-refractivity contribution in [2.45, 2.75) is 52.1 Å². The van der Waals surface area contributed by atoms with Gasteiger partial charge in [-0.05, 0) is 45.7 Å². The third-order valence-electron chi connectivity index (χ3n) is 3.87. The Balaban J connectivity index is 2.08. The number of hydrogen-bond acceptors (Lipinski definition) is 3. The number of hydrogen-bond donors (Lipinski definition) is 1. The SMILES string of the molecule is CCCNc1ncccc1CN1CCCC1(C)C. The minimum atomic E-state index is 0.331. The maximum absolute atomic E-state index is 4.47. The van der Waals surface area contributed by atoms with E-state index in [-0.39, 0.29) is 0 Å². The monoisotopic (exact) mass is 247 g/mol. The predicted octanol–water partition coefficient (Wildman–Crippen LogP) is 3.28. The summed E-state index contributed by atoms with van der Waals surface area (Å²) < 4.78 is 0. The summed E-state index contributed by atoms with van der Waals surface area (Å²) in [4.78, 5) is 7.04. The second-order valence-corrected chi connectivity index (χ2v) is 5.78. The van der Waals surface area contributed by atoms with Crippen LogP contribution in [-0.2, 0) is 6.54 Å². The Morgan fingerprint density at radius 3 is 2.94 bits per heavy atom. The van der Waals surface area contributed by atoms with Crippen LogP contribution in [0.3, 0.4) is 0 Å². The molecule has 1 N–H and O–H groups in total. The summed E-state index contributed by atoms with van der Waals surface area (Å²) >= 11 is 0. The maximum atomic E-state index is 4.47. The fourth-order valence-corrected chi connectivity index (χ4v) is 2.63. The molecular weight excluding hydrogens is 222 g/mol. The van der Waals surface area contributed by atoms with Crippen LogP contribution in [0.2, 0.25) is 0 Å². The van der Waals surface area contributed by atoms with E-state index in [1.165, 1.54) is 24.9 Å². The third kappa shape index (κ3) is 3.02. The van der Waals surface area contributed by atoms with Crippen LogP contribution in [0, 0.1) is 0 Å². The van der Waals surface area contributed by atoms with Gasteiger partial charge in [-0.1, -0.05) is 13.0 Å². The van der Waals surface area contributed by atoms with Gasteiger partial charge in [-0.15, -0.1) is 0 Å². The molecule has 1 aromatic heterocycles. The highest BCUT2D eigenvalue weighted by Crippen LogP contribution is 2.30. The van der Waals surface area contributed by atoms with E-state index >= 15 is 0 Å². The molecule has 1 aliphatic rings. The standard InChI is InChI=1S/C15H25N3/c1-4-9-16-14-13(7-5-10-17-14)12-18-11-6-8-15(18,2)3/h5,7,10H,4,6,8-9,11-12H2,1-3H3,(H,16,17). The van der Waals surface area contributed by atoms with Crippen molar-refractivity contribution < 1.29 is 0 Å². The van der Waals surface area contributed by atoms with Crippen molar-refractivity contribution in [3.63, 3.8) is 0 Å². The van der Waals surface area contributed by atoms with Crippen molar-refractivity contribution in [2.75, 3.05) is 18.4 Å². The zero-order valence-corrected chi connectivity index (χ0v) is 11.9. The minimum absolute atomic E-state index is 0.331. The molecular formula is C15H25N3. The highest BCUT2D eigenvalue weighted by Gasteiger charge is 2.31. The summed E-state index contributed by atoms with van der Waals surface area (Å²) in [5.74, 6) is 1.06. The molecule has 0 aliphatic carbocycles. The molecule has 1 aliphatic heterocycles. The van der Waals surface area contributed by atoms with Crippen LogP contribution in [0.4, 0.5) is 5.82 Å². The van der Waals surface area contributed by atoms with E-state index in [1.54, 1.807) is 0 Å². The van der Waals surface area contributed by atoms with E-state index in [4.69, 9.17) is 0 Å². The molecule has 0 bridgehead atoms. The van der Waals surface area contributed by atoms with Crippen molar-refractivity contribution >= 4 is 5.82 Å². The largest absolute Gasteiger partial charge is 0.370 e. The molecule has 0 unspecified atom stereocenters. The van der Waals surface area contributed by atoms with Gasteiger partial charge in [-0.2, -0.15) is 0 Å². The fourth-order valence-electron chi connectivity index (χ4n) is 2.63. The van der Waals surface area contributed by atoms with Crippen LogP contribution in [0.5, 0.6) is 0 Å². The molecule has 0 atom stereocenters. The van der Waals surface area contributed by atoms with Gasteiger partial charge in [-0.25, -0.2) is 4.98 Å². The molecule has 0 aromatic carbocycles. The Morgan fingerprint density at radius 2 is 2.28 bits per heavy atom. The molecule has 3 nitrogen and oxygen atoms in total. The van der Waals surface area contributed by atoms with Crippen molar-refractivity contribution in [3.8, 4) is 0 Å². The predicted molar refractivity (Wildman–Crippen MR) is 76.7 cm³/mol. The van der Waals surface area contributed by atoms with Gasteiger partial charge in [-0.3, -0.25) is 4.90 Å². The summed E-state index contributed by atoms with van der Waals surface area (Å²) in [6.07, 6.45) is 5.61. The highest BCUT2D eigenvalue weighted by atomic mass is 15.2. The van der Waals surface area contributed by atoms with Crippen molar-refractivity contribution in [1.29, 1.82) is 0 Å². The smallest absolute Gasteiger partial charge is 0.130 e. The summed E-state index contributed by atoms with van der Waals surface area (Å²) in [5.41, 5.74) is 1.65. The minimum Gasteiger partial charge on any atom is -0.370 e. The van der Waals surface area contributed by atoms with Crippen LogP contribution in [-0.4, -0.2) is 28.5 Å². The van der Waals surface area contributed by atoms with Gasteiger partial charge in [0.15, 0.2) is 0 Å². The molecule has 1 aromatic rings. The molecule has 0 radical (unpaired) electrons. The zero-order valence-electron chi connectivity index (χ0n) is 11.9. The van der Waals surface area contributed by atoms with E-state index in [0.29, 0.717) is 5.54 Å². The molecule has 3 heteroatoms. The van der Waals surface area contributed by atoms with Gasteiger partial charge in [0, 0.05) is 30.4 Å². The Hall–Kier alpha value is -1.09. The summed E-state index contributed by atoms with van der Waals surface area (Å²) in [6, 6.07) is 4.23. The Bertz CT molecular complexity index is 387. The summed E-state index contributed by atoms with van der Waals surface area (Å²) in [7, 11) is 0. The average Bonchev–Trinajstić information content (AvgIpc) is 2.68. The molecule has 18 heavy (non-hydrogen) atoms. The van der Waals surface area contributed by atoms with Crippen LogP contribution in [0.25, 0.3) is 0 Å². The van der Waals surface area contributed by atoms with E-state index in [9.17, 15) is 0 Å². The number of nitrogens with zero attached hydrogens (tertiary/aromatic N) is 2. The van der Waals surface area contributed by atoms with Gasteiger partial charge in [0.2, 0.25) is 0 Å². The van der Waals surface area contributed by atoms with Gasteiger partial charge < -0.3 is 5.32 Å². The zero-order chi connectivity index (χ0) is 13.0. The fraction of sp³-hybridized carbons (Fsp3) is 0.667. The Labute approximate surface area is 111 Å². The third-order valence-corrected chi connectivity index (χ3v) is 3.87.